The van der Waals surface area contributed by atoms with E-state index in [1.54, 1.807) is 0 Å². The van der Waals surface area contributed by atoms with E-state index in [-0.39, 0.29) is 5.41 Å². The van der Waals surface area contributed by atoms with E-state index in [1.807, 2.05) is 6.20 Å². The van der Waals surface area contributed by atoms with Crippen molar-refractivity contribution in [3.8, 4) is 50.3 Å². The first kappa shape index (κ1) is 26.7. The summed E-state index contributed by atoms with van der Waals surface area (Å²) in [6.45, 7) is 4.72. The van der Waals surface area contributed by atoms with Gasteiger partial charge in [-0.15, -0.1) is 0 Å². The van der Waals surface area contributed by atoms with Crippen molar-refractivity contribution in [1.82, 2.24) is 9.55 Å². The Morgan fingerprint density at radius 1 is 0.478 bits per heavy atom. The van der Waals surface area contributed by atoms with Gasteiger partial charge in [-0.05, 0) is 86.5 Å². The predicted octanol–water partition coefficient (Wildman–Crippen LogP) is 11.5. The fraction of sp³-hybridized carbons (Fsp3) is 0.0682. The highest BCUT2D eigenvalue weighted by atomic mass is 15.1. The topological polar surface area (TPSA) is 17.8 Å². The van der Waals surface area contributed by atoms with Crippen LogP contribution in [0.5, 0.6) is 0 Å². The first-order chi connectivity index (χ1) is 22.6. The Kier molecular flexibility index (Phi) is 5.88. The largest absolute Gasteiger partial charge is 0.293 e. The number of hydrogen-bond donors (Lipinski definition) is 0. The number of hydrogen-bond acceptors (Lipinski definition) is 1. The second-order valence-corrected chi connectivity index (χ2v) is 12.8. The zero-order valence-corrected chi connectivity index (χ0v) is 25.9. The van der Waals surface area contributed by atoms with Gasteiger partial charge < -0.3 is 0 Å². The molecule has 0 bridgehead atoms. The van der Waals surface area contributed by atoms with E-state index in [0.29, 0.717) is 0 Å². The van der Waals surface area contributed by atoms with Crippen LogP contribution in [-0.2, 0) is 5.41 Å². The second kappa shape index (κ2) is 10.2. The van der Waals surface area contributed by atoms with E-state index in [2.05, 4.69) is 170 Å². The summed E-state index contributed by atoms with van der Waals surface area (Å²) < 4.78 is 2.39. The van der Waals surface area contributed by atoms with Crippen LogP contribution in [-0.4, -0.2) is 9.55 Å². The molecule has 0 unspecified atom stereocenters. The van der Waals surface area contributed by atoms with Crippen molar-refractivity contribution in [2.75, 3.05) is 0 Å². The number of rotatable bonds is 4. The summed E-state index contributed by atoms with van der Waals surface area (Å²) in [5, 5.41) is 2.52. The molecule has 0 saturated heterocycles. The average Bonchev–Trinajstić information content (AvgIpc) is 3.57. The highest BCUT2D eigenvalue weighted by Crippen LogP contribution is 2.52. The van der Waals surface area contributed by atoms with Crippen LogP contribution in [0.4, 0.5) is 0 Å². The molecule has 0 radical (unpaired) electrons. The maximum absolute atomic E-state index is 5.19. The third-order valence-corrected chi connectivity index (χ3v) is 9.81. The highest BCUT2D eigenvalue weighted by molar-refractivity contribution is 6.13. The van der Waals surface area contributed by atoms with E-state index in [1.165, 1.54) is 66.3 Å². The zero-order chi connectivity index (χ0) is 30.8. The Morgan fingerprint density at radius 2 is 1.09 bits per heavy atom. The first-order valence-electron chi connectivity index (χ1n) is 16.0. The Bertz CT molecular complexity index is 2360. The lowest BCUT2D eigenvalue weighted by Crippen LogP contribution is -2.16. The van der Waals surface area contributed by atoms with Gasteiger partial charge in [0.1, 0.15) is 5.82 Å². The molecule has 0 N–H and O–H groups in total. The van der Waals surface area contributed by atoms with Crippen LogP contribution in [0.2, 0.25) is 0 Å². The number of nitrogens with zero attached hydrogens (tertiary/aromatic N) is 2. The number of aromatic nitrogens is 2. The van der Waals surface area contributed by atoms with Crippen LogP contribution >= 0.6 is 0 Å². The molecule has 9 rings (SSSR count). The number of pyridine rings is 1. The molecule has 46 heavy (non-hydrogen) atoms. The average molecular weight is 589 g/mol. The van der Waals surface area contributed by atoms with Crippen molar-refractivity contribution in [2.24, 2.45) is 0 Å². The third-order valence-electron chi connectivity index (χ3n) is 9.81. The minimum absolute atomic E-state index is 0.136. The molecule has 1 aliphatic carbocycles. The van der Waals surface area contributed by atoms with Crippen molar-refractivity contribution >= 4 is 21.8 Å². The quantitative estimate of drug-likeness (QED) is 0.200. The van der Waals surface area contributed by atoms with Crippen LogP contribution in [0.25, 0.3) is 72.1 Å². The molecule has 2 heteroatoms. The molecule has 8 aromatic rings. The van der Waals surface area contributed by atoms with Crippen LogP contribution in [0, 0.1) is 0 Å². The Balaban J connectivity index is 1.23. The van der Waals surface area contributed by atoms with Crippen LogP contribution < -0.4 is 0 Å². The monoisotopic (exact) mass is 588 g/mol. The van der Waals surface area contributed by atoms with Crippen molar-refractivity contribution in [3.05, 3.63) is 169 Å². The molecule has 6 aromatic carbocycles. The smallest absolute Gasteiger partial charge is 0.137 e. The van der Waals surface area contributed by atoms with Crippen molar-refractivity contribution in [3.63, 3.8) is 0 Å². The van der Waals surface area contributed by atoms with Gasteiger partial charge in [-0.3, -0.25) is 4.57 Å². The van der Waals surface area contributed by atoms with Crippen LogP contribution in [0.3, 0.4) is 0 Å². The molecular formula is C44H32N2. The Morgan fingerprint density at radius 3 is 1.76 bits per heavy atom. The van der Waals surface area contributed by atoms with E-state index in [9.17, 15) is 0 Å². The van der Waals surface area contributed by atoms with Gasteiger partial charge in [-0.1, -0.05) is 129 Å². The lowest BCUT2D eigenvalue weighted by molar-refractivity contribution is 0.663. The van der Waals surface area contributed by atoms with Crippen molar-refractivity contribution in [2.45, 2.75) is 19.3 Å². The molecule has 218 valence electrons. The number of benzene rings is 6. The molecule has 0 fully saturated rings. The van der Waals surface area contributed by atoms with E-state index >= 15 is 0 Å². The van der Waals surface area contributed by atoms with Crippen LogP contribution in [0.15, 0.2) is 158 Å². The second-order valence-electron chi connectivity index (χ2n) is 12.8. The fourth-order valence-electron chi connectivity index (χ4n) is 7.63. The van der Waals surface area contributed by atoms with E-state index in [0.717, 1.165) is 16.9 Å². The summed E-state index contributed by atoms with van der Waals surface area (Å²) in [6, 6.07) is 54.7. The van der Waals surface area contributed by atoms with Gasteiger partial charge in [-0.2, -0.15) is 0 Å². The van der Waals surface area contributed by atoms with Gasteiger partial charge in [0.05, 0.1) is 11.0 Å². The van der Waals surface area contributed by atoms with Gasteiger partial charge in [-0.25, -0.2) is 4.98 Å². The van der Waals surface area contributed by atoms with Gasteiger partial charge in [0, 0.05) is 27.9 Å². The molecule has 0 amide bonds. The maximum atomic E-state index is 5.19. The minimum atomic E-state index is -0.136. The summed E-state index contributed by atoms with van der Waals surface area (Å²) in [5.41, 5.74) is 14.7. The summed E-state index contributed by atoms with van der Waals surface area (Å²) in [7, 11) is 0. The molecule has 1 aliphatic rings. The molecule has 0 atom stereocenters. The summed E-state index contributed by atoms with van der Waals surface area (Å²) in [6.07, 6.45) is 2.04. The molecule has 2 nitrogen and oxygen atoms in total. The SMILES string of the molecule is CC1(C)c2ccccc2-c2ccc3c4ccccc4n(-c4ccc(-c5cc(-c6ccccc6)cc(-c6ccccc6)c5)cn4)c3c21. The Hall–Kier alpha value is -5.73. The molecule has 0 spiro atoms. The molecular weight excluding hydrogens is 556 g/mol. The minimum Gasteiger partial charge on any atom is -0.293 e. The van der Waals surface area contributed by atoms with Crippen LogP contribution in [0.1, 0.15) is 25.0 Å². The molecule has 2 aromatic heterocycles. The number of fused-ring (bicyclic) bond motifs is 7. The standard InChI is InChI=1S/C44H32N2/c1-44(2)39-19-11-9-17-35(39)37-22-23-38-36-18-10-12-20-40(36)46(43(38)42(37)44)41-24-21-31(28-45-41)34-26-32(29-13-5-3-6-14-29)25-33(27-34)30-15-7-4-8-16-30/h3-28H,1-2H3. The fourth-order valence-corrected chi connectivity index (χ4v) is 7.63. The summed E-state index contributed by atoms with van der Waals surface area (Å²) in [5.74, 6) is 0.928. The maximum Gasteiger partial charge on any atom is 0.137 e. The van der Waals surface area contributed by atoms with Crippen molar-refractivity contribution in [1.29, 1.82) is 0 Å². The van der Waals surface area contributed by atoms with E-state index in [4.69, 9.17) is 4.98 Å². The van der Waals surface area contributed by atoms with Crippen molar-refractivity contribution < 1.29 is 0 Å². The highest BCUT2D eigenvalue weighted by Gasteiger charge is 2.38. The number of para-hydroxylation sites is 1. The summed E-state index contributed by atoms with van der Waals surface area (Å²) >= 11 is 0. The molecule has 0 saturated carbocycles. The van der Waals surface area contributed by atoms with Gasteiger partial charge in [0.25, 0.3) is 0 Å². The molecule has 0 aliphatic heterocycles. The summed E-state index contributed by atoms with van der Waals surface area (Å²) in [4.78, 5) is 5.19. The normalized spacial score (nSPS) is 13.2. The van der Waals surface area contributed by atoms with Gasteiger partial charge in [0.15, 0.2) is 0 Å². The molecule has 2 heterocycles. The lowest BCUT2D eigenvalue weighted by Gasteiger charge is -2.23. The van der Waals surface area contributed by atoms with E-state index < -0.39 is 0 Å². The third kappa shape index (κ3) is 4.00. The van der Waals surface area contributed by atoms with Gasteiger partial charge in [0.2, 0.25) is 0 Å². The zero-order valence-electron chi connectivity index (χ0n) is 25.9. The van der Waals surface area contributed by atoms with Gasteiger partial charge >= 0.3 is 0 Å². The first-order valence-corrected chi connectivity index (χ1v) is 16.0. The lowest BCUT2D eigenvalue weighted by atomic mass is 9.81. The predicted molar refractivity (Wildman–Crippen MR) is 192 cm³/mol. The Labute approximate surface area is 269 Å².